The van der Waals surface area contributed by atoms with Crippen LogP contribution in [-0.2, 0) is 11.0 Å². The average molecular weight is 375 g/mol. The number of alkyl halides is 6. The number of rotatable bonds is 6. The van der Waals surface area contributed by atoms with Crippen LogP contribution in [-0.4, -0.2) is 48.9 Å². The van der Waals surface area contributed by atoms with Crippen LogP contribution in [0.5, 0.6) is 5.75 Å². The van der Waals surface area contributed by atoms with Crippen molar-refractivity contribution in [1.29, 1.82) is 0 Å². The van der Waals surface area contributed by atoms with Crippen molar-refractivity contribution in [3.63, 3.8) is 0 Å². The molecule has 0 radical (unpaired) electrons. The van der Waals surface area contributed by atoms with Gasteiger partial charge in [0.1, 0.15) is 5.75 Å². The van der Waals surface area contributed by atoms with E-state index in [4.69, 9.17) is 14.6 Å². The molecule has 25 heavy (non-hydrogen) atoms. The minimum absolute atomic E-state index is 0.0934. The fraction of sp³-hybridized carbons (Fsp3) is 0.533. The molecule has 0 aliphatic heterocycles. The second kappa shape index (κ2) is 10.1. The maximum Gasteiger partial charge on any atom is 0.490 e. The zero-order valence-corrected chi connectivity index (χ0v) is 13.6. The summed E-state index contributed by atoms with van der Waals surface area (Å²) in [7, 11) is 1.96. The molecule has 4 nitrogen and oxygen atoms in total. The number of halogens is 6. The van der Waals surface area contributed by atoms with E-state index >= 15 is 0 Å². The fourth-order valence-electron chi connectivity index (χ4n) is 1.50. The molecule has 0 spiro atoms. The summed E-state index contributed by atoms with van der Waals surface area (Å²) in [6.45, 7) is 4.04. The molecule has 0 saturated carbocycles. The van der Waals surface area contributed by atoms with Crippen molar-refractivity contribution >= 4 is 5.97 Å². The van der Waals surface area contributed by atoms with Crippen molar-refractivity contribution in [3.8, 4) is 5.75 Å². The number of benzene rings is 1. The number of hydrogen-bond acceptors (Lipinski definition) is 3. The first-order valence-corrected chi connectivity index (χ1v) is 7.17. The topological polar surface area (TPSA) is 49.8 Å². The summed E-state index contributed by atoms with van der Waals surface area (Å²) < 4.78 is 74.9. The minimum atomic E-state index is -5.08. The Bertz CT molecular complexity index is 531. The maximum atomic E-state index is 12.7. The lowest BCUT2D eigenvalue weighted by molar-refractivity contribution is -0.192. The number of nitrogens with zero attached hydrogens (tertiary/aromatic N) is 1. The lowest BCUT2D eigenvalue weighted by Gasteiger charge is -2.16. The molecule has 0 heterocycles. The molecule has 0 amide bonds. The predicted molar refractivity (Wildman–Crippen MR) is 78.4 cm³/mol. The van der Waals surface area contributed by atoms with Gasteiger partial charge in [0.25, 0.3) is 0 Å². The van der Waals surface area contributed by atoms with Crippen LogP contribution in [0.25, 0.3) is 0 Å². The van der Waals surface area contributed by atoms with E-state index in [-0.39, 0.29) is 12.4 Å². The van der Waals surface area contributed by atoms with Crippen molar-refractivity contribution in [3.05, 3.63) is 29.8 Å². The Morgan fingerprint density at radius 3 is 2.12 bits per heavy atom. The molecule has 0 unspecified atom stereocenters. The van der Waals surface area contributed by atoms with Gasteiger partial charge in [0.15, 0.2) is 0 Å². The second-order valence-electron chi connectivity index (χ2n) is 4.89. The second-order valence-corrected chi connectivity index (χ2v) is 4.89. The van der Waals surface area contributed by atoms with E-state index in [1.54, 1.807) is 6.07 Å². The molecule has 0 aliphatic rings. The number of para-hydroxylation sites is 1. The summed E-state index contributed by atoms with van der Waals surface area (Å²) in [6, 6.07) is 5.29. The zero-order chi connectivity index (χ0) is 19.7. The number of aliphatic carboxylic acids is 1. The SMILES string of the molecule is CCN(C)CCCOc1ccccc1C(F)(F)F.O=C(O)C(F)(F)F. The zero-order valence-electron chi connectivity index (χ0n) is 13.6. The monoisotopic (exact) mass is 375 g/mol. The number of carbonyl (C=O) groups is 1. The van der Waals surface area contributed by atoms with Gasteiger partial charge in [-0.1, -0.05) is 19.1 Å². The molecule has 0 aliphatic carbocycles. The van der Waals surface area contributed by atoms with Gasteiger partial charge in [0.05, 0.1) is 12.2 Å². The van der Waals surface area contributed by atoms with Crippen molar-refractivity contribution in [2.24, 2.45) is 0 Å². The number of hydrogen-bond donors (Lipinski definition) is 1. The quantitative estimate of drug-likeness (QED) is 0.602. The molecular formula is C15H19F6NO3. The molecule has 1 rings (SSSR count). The van der Waals surface area contributed by atoms with E-state index in [1.807, 2.05) is 14.0 Å². The van der Waals surface area contributed by atoms with Gasteiger partial charge in [-0.2, -0.15) is 26.3 Å². The third kappa shape index (κ3) is 9.80. The van der Waals surface area contributed by atoms with Crippen molar-refractivity contribution in [2.45, 2.75) is 25.7 Å². The molecule has 1 aromatic rings. The first kappa shape index (κ1) is 23.0. The van der Waals surface area contributed by atoms with Gasteiger partial charge >= 0.3 is 18.3 Å². The highest BCUT2D eigenvalue weighted by molar-refractivity contribution is 5.73. The Labute approximate surface area is 141 Å². The number of carboxylic acid groups (broad SMARTS) is 1. The van der Waals surface area contributed by atoms with Crippen LogP contribution in [0.3, 0.4) is 0 Å². The third-order valence-corrected chi connectivity index (χ3v) is 2.92. The van der Waals surface area contributed by atoms with Crippen LogP contribution in [0.4, 0.5) is 26.3 Å². The summed E-state index contributed by atoms with van der Waals surface area (Å²) >= 11 is 0. The average Bonchev–Trinajstić information content (AvgIpc) is 2.50. The smallest absolute Gasteiger partial charge is 0.490 e. The molecule has 0 saturated heterocycles. The molecule has 0 fully saturated rings. The molecular weight excluding hydrogens is 356 g/mol. The van der Waals surface area contributed by atoms with Crippen LogP contribution < -0.4 is 4.74 Å². The molecule has 0 aromatic heterocycles. The van der Waals surface area contributed by atoms with E-state index in [2.05, 4.69) is 4.90 Å². The summed E-state index contributed by atoms with van der Waals surface area (Å²) in [6.07, 6.45) is -8.74. The van der Waals surface area contributed by atoms with E-state index in [0.29, 0.717) is 6.42 Å². The fourth-order valence-corrected chi connectivity index (χ4v) is 1.50. The van der Waals surface area contributed by atoms with Gasteiger partial charge in [-0.15, -0.1) is 0 Å². The number of ether oxygens (including phenoxy) is 1. The van der Waals surface area contributed by atoms with E-state index in [0.717, 1.165) is 19.2 Å². The van der Waals surface area contributed by atoms with Crippen LogP contribution in [0.1, 0.15) is 18.9 Å². The number of carboxylic acids is 1. The Hall–Kier alpha value is -1.97. The summed E-state index contributed by atoms with van der Waals surface area (Å²) in [5.74, 6) is -2.85. The Kier molecular flexibility index (Phi) is 9.32. The van der Waals surface area contributed by atoms with Gasteiger partial charge in [0.2, 0.25) is 0 Å². The lowest BCUT2D eigenvalue weighted by atomic mass is 10.2. The van der Waals surface area contributed by atoms with Crippen LogP contribution in [0.15, 0.2) is 24.3 Å². The Balaban J connectivity index is 0.000000697. The molecule has 10 heteroatoms. The molecule has 0 bridgehead atoms. The van der Waals surface area contributed by atoms with Crippen molar-refractivity contribution in [1.82, 2.24) is 4.90 Å². The summed E-state index contributed by atoms with van der Waals surface area (Å²) in [5.41, 5.74) is -0.714. The van der Waals surface area contributed by atoms with Crippen LogP contribution >= 0.6 is 0 Å². The summed E-state index contributed by atoms with van der Waals surface area (Å²) in [4.78, 5) is 11.0. The first-order chi connectivity index (χ1) is 11.4. The van der Waals surface area contributed by atoms with Gasteiger partial charge < -0.3 is 14.7 Å². The van der Waals surface area contributed by atoms with Gasteiger partial charge in [-0.05, 0) is 32.1 Å². The largest absolute Gasteiger partial charge is 0.493 e. The molecule has 0 atom stereocenters. The normalized spacial score (nSPS) is 11.7. The Morgan fingerprint density at radius 1 is 1.16 bits per heavy atom. The van der Waals surface area contributed by atoms with Gasteiger partial charge in [-0.3, -0.25) is 0 Å². The lowest BCUT2D eigenvalue weighted by Crippen LogP contribution is -2.21. The highest BCUT2D eigenvalue weighted by atomic mass is 19.4. The standard InChI is InChI=1S/C13H18F3NO.C2HF3O2/c1-3-17(2)9-6-10-18-12-8-5-4-7-11(12)13(14,15)16;3-2(4,5)1(6)7/h4-5,7-8H,3,6,9-10H2,1-2H3;(H,6,7). The first-order valence-electron chi connectivity index (χ1n) is 7.17. The molecule has 144 valence electrons. The maximum absolute atomic E-state index is 12.7. The van der Waals surface area contributed by atoms with E-state index in [1.165, 1.54) is 12.1 Å². The minimum Gasteiger partial charge on any atom is -0.493 e. The molecule has 1 N–H and O–H groups in total. The highest BCUT2D eigenvalue weighted by Crippen LogP contribution is 2.35. The van der Waals surface area contributed by atoms with Crippen LogP contribution in [0.2, 0.25) is 0 Å². The van der Waals surface area contributed by atoms with E-state index in [9.17, 15) is 26.3 Å². The van der Waals surface area contributed by atoms with Crippen molar-refractivity contribution < 1.29 is 41.0 Å². The van der Waals surface area contributed by atoms with Crippen molar-refractivity contribution in [2.75, 3.05) is 26.7 Å². The van der Waals surface area contributed by atoms with Gasteiger partial charge in [-0.25, -0.2) is 4.79 Å². The predicted octanol–water partition coefficient (Wildman–Crippen LogP) is 4.06. The van der Waals surface area contributed by atoms with Crippen LogP contribution in [0, 0.1) is 0 Å². The van der Waals surface area contributed by atoms with E-state index < -0.39 is 23.9 Å². The highest BCUT2D eigenvalue weighted by Gasteiger charge is 2.38. The van der Waals surface area contributed by atoms with Gasteiger partial charge in [0, 0.05) is 6.54 Å². The summed E-state index contributed by atoms with van der Waals surface area (Å²) in [5, 5.41) is 7.12. The third-order valence-electron chi connectivity index (χ3n) is 2.92. The Morgan fingerprint density at radius 2 is 1.68 bits per heavy atom. The molecule has 1 aromatic carbocycles.